The van der Waals surface area contributed by atoms with Crippen LogP contribution >= 0.6 is 0 Å². The molecule has 2 unspecified atom stereocenters. The van der Waals surface area contributed by atoms with E-state index in [0.717, 1.165) is 31.6 Å². The molecule has 2 atom stereocenters. The van der Waals surface area contributed by atoms with Crippen molar-refractivity contribution in [2.45, 2.75) is 31.0 Å². The van der Waals surface area contributed by atoms with Crippen LogP contribution in [0.2, 0.25) is 0 Å². The molecule has 31 heavy (non-hydrogen) atoms. The number of aliphatic imine (C=N–C) groups is 1. The lowest BCUT2D eigenvalue weighted by Gasteiger charge is -2.50. The maximum absolute atomic E-state index is 13.4. The van der Waals surface area contributed by atoms with Gasteiger partial charge in [-0.25, -0.2) is 4.39 Å². The summed E-state index contributed by atoms with van der Waals surface area (Å²) in [6.07, 6.45) is 1.16. The van der Waals surface area contributed by atoms with Gasteiger partial charge in [0.05, 0.1) is 6.04 Å². The summed E-state index contributed by atoms with van der Waals surface area (Å²) in [4.78, 5) is 7.41. The lowest BCUT2D eigenvalue weighted by molar-refractivity contribution is 0.128. The molecule has 3 heterocycles. The van der Waals surface area contributed by atoms with E-state index >= 15 is 0 Å². The summed E-state index contributed by atoms with van der Waals surface area (Å²) in [5.41, 5.74) is 4.22. The van der Waals surface area contributed by atoms with Gasteiger partial charge in [-0.1, -0.05) is 72.8 Å². The molecule has 0 amide bonds. The van der Waals surface area contributed by atoms with Gasteiger partial charge >= 0.3 is 0 Å². The number of hydrogen-bond acceptors (Lipinski definition) is 3. The number of benzene rings is 3. The first-order chi connectivity index (χ1) is 15.2. The molecule has 3 aliphatic heterocycles. The quantitative estimate of drug-likeness (QED) is 0.624. The van der Waals surface area contributed by atoms with Crippen LogP contribution < -0.4 is 0 Å². The summed E-state index contributed by atoms with van der Waals surface area (Å²) in [6, 6.07) is 27.3. The number of hydrogen-bond donors (Lipinski definition) is 1. The van der Waals surface area contributed by atoms with Crippen molar-refractivity contribution in [3.05, 3.63) is 107 Å². The molecule has 0 saturated carbocycles. The van der Waals surface area contributed by atoms with Crippen molar-refractivity contribution in [1.82, 2.24) is 4.90 Å². The molecule has 2 bridgehead atoms. The van der Waals surface area contributed by atoms with Crippen molar-refractivity contribution in [2.75, 3.05) is 13.1 Å². The first kappa shape index (κ1) is 20.1. The van der Waals surface area contributed by atoms with Crippen molar-refractivity contribution in [2.24, 2.45) is 10.9 Å². The Bertz CT molecular complexity index is 988. The van der Waals surface area contributed by atoms with Crippen LogP contribution in [-0.4, -0.2) is 34.8 Å². The summed E-state index contributed by atoms with van der Waals surface area (Å²) in [5.74, 6) is 0.210. The second-order valence-electron chi connectivity index (χ2n) is 8.53. The second-order valence-corrected chi connectivity index (χ2v) is 8.53. The smallest absolute Gasteiger partial charge is 0.171 e. The third kappa shape index (κ3) is 4.06. The fourth-order valence-corrected chi connectivity index (χ4v) is 5.19. The van der Waals surface area contributed by atoms with Crippen LogP contribution in [0.4, 0.5) is 4.39 Å². The fraction of sp³-hybridized carbons (Fsp3) is 0.296. The van der Waals surface area contributed by atoms with Crippen molar-refractivity contribution in [1.29, 1.82) is 0 Å². The SMILES string of the molecule is OC(N=C1C2CCN(CC2)C1C(c1ccccc1)c1ccccc1)c1ccc(F)cc1. The summed E-state index contributed by atoms with van der Waals surface area (Å²) in [6.45, 7) is 2.11. The zero-order valence-corrected chi connectivity index (χ0v) is 17.4. The van der Waals surface area contributed by atoms with E-state index in [4.69, 9.17) is 4.99 Å². The Morgan fingerprint density at radius 2 is 1.32 bits per heavy atom. The number of halogens is 1. The highest BCUT2D eigenvalue weighted by atomic mass is 19.1. The Morgan fingerprint density at radius 3 is 1.87 bits per heavy atom. The molecule has 0 radical (unpaired) electrons. The van der Waals surface area contributed by atoms with E-state index < -0.39 is 6.23 Å². The lowest BCUT2D eigenvalue weighted by atomic mass is 9.72. The van der Waals surface area contributed by atoms with Crippen LogP contribution in [0.15, 0.2) is 89.9 Å². The van der Waals surface area contributed by atoms with Crippen molar-refractivity contribution in [3.8, 4) is 0 Å². The molecule has 3 saturated heterocycles. The maximum Gasteiger partial charge on any atom is 0.171 e. The van der Waals surface area contributed by atoms with Gasteiger partial charge in [-0.2, -0.15) is 0 Å². The Kier molecular flexibility index (Phi) is 5.66. The van der Waals surface area contributed by atoms with Gasteiger partial charge in [-0.05, 0) is 49.2 Å². The molecule has 3 aromatic rings. The molecular weight excluding hydrogens is 387 g/mol. The summed E-state index contributed by atoms with van der Waals surface area (Å²) >= 11 is 0. The highest BCUT2D eigenvalue weighted by Crippen LogP contribution is 2.41. The van der Waals surface area contributed by atoms with Gasteiger partial charge in [-0.3, -0.25) is 9.89 Å². The number of rotatable bonds is 5. The number of nitrogens with zero attached hydrogens (tertiary/aromatic N) is 2. The van der Waals surface area contributed by atoms with Crippen molar-refractivity contribution < 1.29 is 9.50 Å². The Labute approximate surface area is 182 Å². The highest BCUT2D eigenvalue weighted by Gasteiger charge is 2.44. The molecule has 3 nitrogen and oxygen atoms in total. The van der Waals surface area contributed by atoms with Crippen LogP contribution in [-0.2, 0) is 0 Å². The van der Waals surface area contributed by atoms with Gasteiger partial charge in [0.25, 0.3) is 0 Å². The van der Waals surface area contributed by atoms with E-state index in [1.165, 1.54) is 23.3 Å². The van der Waals surface area contributed by atoms with Gasteiger partial charge < -0.3 is 5.11 Å². The molecule has 6 rings (SSSR count). The molecule has 3 aromatic carbocycles. The van der Waals surface area contributed by atoms with E-state index in [2.05, 4.69) is 53.4 Å². The average Bonchev–Trinajstić information content (AvgIpc) is 2.83. The summed E-state index contributed by atoms with van der Waals surface area (Å²) in [7, 11) is 0. The Hall–Kier alpha value is -2.82. The van der Waals surface area contributed by atoms with E-state index in [0.29, 0.717) is 11.5 Å². The first-order valence-corrected chi connectivity index (χ1v) is 11.1. The molecule has 0 aromatic heterocycles. The standard InChI is InChI=1S/C27H27FN2O/c28-23-13-11-22(12-14-23)27(31)29-25-21-15-17-30(18-16-21)26(25)24(19-7-3-1-4-8-19)20-9-5-2-6-10-20/h1-14,21,24,26-27,31H,15-18H2. The lowest BCUT2D eigenvalue weighted by Crippen LogP contribution is -2.58. The van der Waals surface area contributed by atoms with Gasteiger partial charge in [0.15, 0.2) is 6.23 Å². The molecule has 0 aliphatic carbocycles. The van der Waals surface area contributed by atoms with Crippen LogP contribution in [0.25, 0.3) is 0 Å². The normalized spacial score (nSPS) is 25.1. The molecule has 3 aliphatic rings. The van der Waals surface area contributed by atoms with Crippen LogP contribution in [0.3, 0.4) is 0 Å². The van der Waals surface area contributed by atoms with E-state index in [9.17, 15) is 9.50 Å². The molecule has 3 fully saturated rings. The van der Waals surface area contributed by atoms with E-state index in [-0.39, 0.29) is 17.8 Å². The minimum Gasteiger partial charge on any atom is -0.368 e. The number of aliphatic hydroxyl groups excluding tert-OH is 1. The minimum atomic E-state index is -0.981. The van der Waals surface area contributed by atoms with Gasteiger partial charge in [0.2, 0.25) is 0 Å². The third-order valence-corrected chi connectivity index (χ3v) is 6.72. The Morgan fingerprint density at radius 1 is 0.774 bits per heavy atom. The monoisotopic (exact) mass is 414 g/mol. The largest absolute Gasteiger partial charge is 0.368 e. The second kappa shape index (κ2) is 8.74. The van der Waals surface area contributed by atoms with Gasteiger partial charge in [-0.15, -0.1) is 0 Å². The third-order valence-electron chi connectivity index (χ3n) is 6.72. The average molecular weight is 415 g/mol. The predicted molar refractivity (Wildman–Crippen MR) is 122 cm³/mol. The minimum absolute atomic E-state index is 0.104. The molecule has 4 heteroatoms. The van der Waals surface area contributed by atoms with E-state index in [1.807, 2.05) is 12.1 Å². The number of aliphatic hydroxyl groups is 1. The molecular formula is C27H27FN2O. The van der Waals surface area contributed by atoms with E-state index in [1.54, 1.807) is 12.1 Å². The molecule has 158 valence electrons. The van der Waals surface area contributed by atoms with Gasteiger partial charge in [0.1, 0.15) is 5.82 Å². The van der Waals surface area contributed by atoms with Gasteiger partial charge in [0, 0.05) is 23.1 Å². The van der Waals surface area contributed by atoms with Crippen molar-refractivity contribution >= 4 is 5.71 Å². The highest BCUT2D eigenvalue weighted by molar-refractivity contribution is 5.94. The summed E-state index contributed by atoms with van der Waals surface area (Å²) in [5, 5.41) is 10.9. The molecule has 0 spiro atoms. The zero-order valence-electron chi connectivity index (χ0n) is 17.4. The topological polar surface area (TPSA) is 35.8 Å². The van der Waals surface area contributed by atoms with Crippen LogP contribution in [0, 0.1) is 11.7 Å². The summed E-state index contributed by atoms with van der Waals surface area (Å²) < 4.78 is 13.4. The Balaban J connectivity index is 1.59. The van der Waals surface area contributed by atoms with Crippen LogP contribution in [0.1, 0.15) is 41.7 Å². The number of fused-ring (bicyclic) bond motifs is 3. The van der Waals surface area contributed by atoms with Crippen LogP contribution in [0.5, 0.6) is 0 Å². The van der Waals surface area contributed by atoms with Crippen molar-refractivity contribution in [3.63, 3.8) is 0 Å². The zero-order chi connectivity index (χ0) is 21.2. The first-order valence-electron chi connectivity index (χ1n) is 11.1. The fourth-order valence-electron chi connectivity index (χ4n) is 5.19. The number of piperidine rings is 3. The molecule has 1 N–H and O–H groups in total. The predicted octanol–water partition coefficient (Wildman–Crippen LogP) is 5.18. The maximum atomic E-state index is 13.4.